The van der Waals surface area contributed by atoms with Gasteiger partial charge < -0.3 is 21.3 Å². The summed E-state index contributed by atoms with van der Waals surface area (Å²) in [6.45, 7) is 0.292. The minimum Gasteiger partial charge on any atom is -0.504 e. The molecule has 0 radical (unpaired) electrons. The first kappa shape index (κ1) is 13.0. The first-order valence-electron chi connectivity index (χ1n) is 4.02. The molecule has 80 valence electrons. The smallest absolute Gasteiger partial charge is 0.162 e. The van der Waals surface area contributed by atoms with Crippen molar-refractivity contribution in [1.29, 1.82) is 0 Å². The molecule has 0 saturated carbocycles. The molecular weight excluding hydrogens is 204 g/mol. The third kappa shape index (κ3) is 2.51. The molecule has 0 aliphatic carbocycles. The second-order valence-corrected chi connectivity index (χ2v) is 2.74. The van der Waals surface area contributed by atoms with Gasteiger partial charge in [-0.25, -0.2) is 0 Å². The van der Waals surface area contributed by atoms with E-state index in [-0.39, 0.29) is 24.2 Å². The molecule has 0 spiro atoms. The highest BCUT2D eigenvalue weighted by Gasteiger charge is 2.12. The molecule has 0 saturated heterocycles. The average Bonchev–Trinajstić information content (AvgIpc) is 2.17. The van der Waals surface area contributed by atoms with Gasteiger partial charge in [0, 0.05) is 18.2 Å². The summed E-state index contributed by atoms with van der Waals surface area (Å²) in [6.07, 6.45) is 0. The van der Waals surface area contributed by atoms with E-state index < -0.39 is 0 Å². The van der Waals surface area contributed by atoms with E-state index in [4.69, 9.17) is 16.2 Å². The van der Waals surface area contributed by atoms with E-state index in [9.17, 15) is 5.11 Å². The maximum Gasteiger partial charge on any atom is 0.162 e. The second kappa shape index (κ2) is 5.70. The summed E-state index contributed by atoms with van der Waals surface area (Å²) in [5, 5.41) is 9.63. The Morgan fingerprint density at radius 3 is 2.64 bits per heavy atom. The van der Waals surface area contributed by atoms with Gasteiger partial charge in [0.05, 0.1) is 7.11 Å². The molecule has 0 aliphatic heterocycles. The first-order chi connectivity index (χ1) is 6.20. The Kier molecular flexibility index (Phi) is 5.30. The van der Waals surface area contributed by atoms with Gasteiger partial charge in [0.1, 0.15) is 0 Å². The highest BCUT2D eigenvalue weighted by atomic mass is 35.5. The van der Waals surface area contributed by atoms with E-state index in [1.807, 2.05) is 0 Å². The van der Waals surface area contributed by atoms with Crippen LogP contribution in [-0.4, -0.2) is 18.8 Å². The molecule has 0 unspecified atom stereocenters. The van der Waals surface area contributed by atoms with Crippen LogP contribution in [0, 0.1) is 0 Å². The number of methoxy groups -OCH3 is 1. The molecule has 0 aliphatic rings. The van der Waals surface area contributed by atoms with Gasteiger partial charge in [-0.05, 0) is 6.07 Å². The zero-order valence-corrected chi connectivity index (χ0v) is 8.75. The van der Waals surface area contributed by atoms with Crippen LogP contribution in [0.3, 0.4) is 0 Å². The number of halogens is 1. The predicted molar refractivity (Wildman–Crippen MR) is 57.9 cm³/mol. The molecule has 14 heavy (non-hydrogen) atoms. The zero-order chi connectivity index (χ0) is 9.84. The van der Waals surface area contributed by atoms with Gasteiger partial charge in [-0.15, -0.1) is 12.4 Å². The van der Waals surface area contributed by atoms with Crippen LogP contribution in [0.2, 0.25) is 0 Å². The summed E-state index contributed by atoms with van der Waals surface area (Å²) >= 11 is 0. The summed E-state index contributed by atoms with van der Waals surface area (Å²) in [4.78, 5) is 0. The number of phenols is 1. The standard InChI is InChI=1S/C9H14N2O2.ClH/c1-13-8-4-2-3-6(9(8)12)7(11)5-10;/h2-4,7,12H,5,10-11H2,1H3;1H/t7-;/m1./s1. The molecule has 1 aromatic rings. The van der Waals surface area contributed by atoms with E-state index in [1.165, 1.54) is 7.11 Å². The predicted octanol–water partition coefficient (Wildman–Crippen LogP) is 0.781. The number of para-hydroxylation sites is 1. The summed E-state index contributed by atoms with van der Waals surface area (Å²) in [5.74, 6) is 0.490. The molecular formula is C9H15ClN2O2. The largest absolute Gasteiger partial charge is 0.504 e. The minimum absolute atomic E-state index is 0. The highest BCUT2D eigenvalue weighted by molar-refractivity contribution is 5.85. The van der Waals surface area contributed by atoms with Gasteiger partial charge in [0.25, 0.3) is 0 Å². The van der Waals surface area contributed by atoms with Gasteiger partial charge >= 0.3 is 0 Å². The number of hydrogen-bond acceptors (Lipinski definition) is 4. The van der Waals surface area contributed by atoms with Crippen LogP contribution in [0.5, 0.6) is 11.5 Å². The van der Waals surface area contributed by atoms with E-state index in [0.717, 1.165) is 0 Å². The van der Waals surface area contributed by atoms with E-state index in [0.29, 0.717) is 17.9 Å². The Morgan fingerprint density at radius 1 is 1.50 bits per heavy atom. The molecule has 0 fully saturated rings. The van der Waals surface area contributed by atoms with Gasteiger partial charge in [-0.2, -0.15) is 0 Å². The zero-order valence-electron chi connectivity index (χ0n) is 7.93. The van der Waals surface area contributed by atoms with Crippen molar-refractivity contribution >= 4 is 12.4 Å². The fourth-order valence-electron chi connectivity index (χ4n) is 1.13. The average molecular weight is 219 g/mol. The number of ether oxygens (including phenoxy) is 1. The molecule has 5 heteroatoms. The van der Waals surface area contributed by atoms with Crippen molar-refractivity contribution in [3.05, 3.63) is 23.8 Å². The topological polar surface area (TPSA) is 81.5 Å². The lowest BCUT2D eigenvalue weighted by atomic mass is 10.1. The van der Waals surface area contributed by atoms with E-state index in [1.54, 1.807) is 18.2 Å². The van der Waals surface area contributed by atoms with E-state index in [2.05, 4.69) is 0 Å². The molecule has 5 N–H and O–H groups in total. The summed E-state index contributed by atoms with van der Waals surface area (Å²) in [7, 11) is 1.49. The molecule has 1 rings (SSSR count). The highest BCUT2D eigenvalue weighted by Crippen LogP contribution is 2.31. The van der Waals surface area contributed by atoms with Crippen LogP contribution < -0.4 is 16.2 Å². The van der Waals surface area contributed by atoms with Gasteiger partial charge in [-0.3, -0.25) is 0 Å². The van der Waals surface area contributed by atoms with Crippen LogP contribution in [-0.2, 0) is 0 Å². The number of hydrogen-bond donors (Lipinski definition) is 3. The summed E-state index contributed by atoms with van der Waals surface area (Å²) in [6, 6.07) is 4.82. The summed E-state index contributed by atoms with van der Waals surface area (Å²) < 4.78 is 4.93. The van der Waals surface area contributed by atoms with Crippen molar-refractivity contribution in [3.8, 4) is 11.5 Å². The molecule has 1 atom stereocenters. The number of benzene rings is 1. The first-order valence-corrected chi connectivity index (χ1v) is 4.02. The second-order valence-electron chi connectivity index (χ2n) is 2.74. The van der Waals surface area contributed by atoms with Gasteiger partial charge in [0.2, 0.25) is 0 Å². The van der Waals surface area contributed by atoms with Crippen LogP contribution >= 0.6 is 12.4 Å². The Balaban J connectivity index is 0.00000169. The van der Waals surface area contributed by atoms with Crippen molar-refractivity contribution in [3.63, 3.8) is 0 Å². The molecule has 0 aromatic heterocycles. The number of nitrogens with two attached hydrogens (primary N) is 2. The maximum absolute atomic E-state index is 9.63. The Hall–Kier alpha value is -0.970. The molecule has 0 heterocycles. The van der Waals surface area contributed by atoms with Crippen LogP contribution in [0.15, 0.2) is 18.2 Å². The lowest BCUT2D eigenvalue weighted by molar-refractivity contribution is 0.368. The normalized spacial score (nSPS) is 11.6. The van der Waals surface area contributed by atoms with Gasteiger partial charge in [0.15, 0.2) is 11.5 Å². The third-order valence-corrected chi connectivity index (χ3v) is 1.90. The fraction of sp³-hybridized carbons (Fsp3) is 0.333. The number of rotatable bonds is 3. The Bertz CT molecular complexity index is 294. The molecule has 0 amide bonds. The summed E-state index contributed by atoms with van der Waals surface area (Å²) in [5.41, 5.74) is 11.7. The Labute approximate surface area is 89.3 Å². The number of phenolic OH excluding ortho intramolecular Hbond substituents is 1. The number of aromatic hydroxyl groups is 1. The van der Waals surface area contributed by atoms with Gasteiger partial charge in [-0.1, -0.05) is 12.1 Å². The third-order valence-electron chi connectivity index (χ3n) is 1.90. The van der Waals surface area contributed by atoms with Crippen molar-refractivity contribution < 1.29 is 9.84 Å². The molecule has 1 aromatic carbocycles. The van der Waals surface area contributed by atoms with Crippen molar-refractivity contribution in [2.45, 2.75) is 6.04 Å². The SMILES string of the molecule is COc1cccc([C@H](N)CN)c1O.Cl. The van der Waals surface area contributed by atoms with Crippen molar-refractivity contribution in [2.24, 2.45) is 11.5 Å². The lowest BCUT2D eigenvalue weighted by Crippen LogP contribution is -2.20. The lowest BCUT2D eigenvalue weighted by Gasteiger charge is -2.13. The minimum atomic E-state index is -0.352. The Morgan fingerprint density at radius 2 is 2.14 bits per heavy atom. The maximum atomic E-state index is 9.63. The molecule has 0 bridgehead atoms. The van der Waals surface area contributed by atoms with Crippen LogP contribution in [0.4, 0.5) is 0 Å². The van der Waals surface area contributed by atoms with Crippen LogP contribution in [0.1, 0.15) is 11.6 Å². The quantitative estimate of drug-likeness (QED) is 0.701. The van der Waals surface area contributed by atoms with E-state index >= 15 is 0 Å². The van der Waals surface area contributed by atoms with Crippen molar-refractivity contribution in [2.75, 3.05) is 13.7 Å². The fourth-order valence-corrected chi connectivity index (χ4v) is 1.13. The monoisotopic (exact) mass is 218 g/mol. The van der Waals surface area contributed by atoms with Crippen LogP contribution in [0.25, 0.3) is 0 Å². The molecule has 4 nitrogen and oxygen atoms in total. The van der Waals surface area contributed by atoms with Crippen molar-refractivity contribution in [1.82, 2.24) is 0 Å².